The van der Waals surface area contributed by atoms with E-state index in [4.69, 9.17) is 34.8 Å². The van der Waals surface area contributed by atoms with E-state index in [2.05, 4.69) is 0 Å². The Kier molecular flexibility index (Phi) is 4.35. The Balaban J connectivity index is 3.24. The molecule has 0 amide bonds. The number of hydrogen-bond donors (Lipinski definition) is 1. The van der Waals surface area contributed by atoms with Gasteiger partial charge >= 0.3 is 6.18 Å². The van der Waals surface area contributed by atoms with Gasteiger partial charge < -0.3 is 5.11 Å². The summed E-state index contributed by atoms with van der Waals surface area (Å²) in [6.07, 6.45) is -6.04. The van der Waals surface area contributed by atoms with Crippen molar-refractivity contribution < 1.29 is 18.3 Å². The van der Waals surface area contributed by atoms with Crippen molar-refractivity contribution in [2.45, 2.75) is 17.1 Å². The summed E-state index contributed by atoms with van der Waals surface area (Å²) in [6.45, 7) is 0. The van der Waals surface area contributed by atoms with E-state index >= 15 is 0 Å². The van der Waals surface area contributed by atoms with E-state index in [1.165, 1.54) is 6.07 Å². The maximum atomic E-state index is 12.5. The summed E-state index contributed by atoms with van der Waals surface area (Å²) in [5, 5.41) is 8.86. The monoisotopic (exact) mass is 292 g/mol. The van der Waals surface area contributed by atoms with Crippen LogP contribution in [0.2, 0.25) is 5.02 Å². The van der Waals surface area contributed by atoms with Gasteiger partial charge in [0, 0.05) is 5.56 Å². The molecule has 16 heavy (non-hydrogen) atoms. The molecule has 1 N–H and O–H groups in total. The van der Waals surface area contributed by atoms with E-state index in [9.17, 15) is 18.3 Å². The Bertz CT molecular complexity index is 379. The number of aliphatic hydroxyl groups is 1. The maximum absolute atomic E-state index is 12.5. The third kappa shape index (κ3) is 2.94. The van der Waals surface area contributed by atoms with Crippen LogP contribution in [0, 0.1) is 0 Å². The molecule has 0 saturated heterocycles. The summed E-state index contributed by atoms with van der Waals surface area (Å²) in [4.78, 5) is -1.25. The number of benzene rings is 1. The lowest BCUT2D eigenvalue weighted by Gasteiger charge is -2.16. The summed E-state index contributed by atoms with van der Waals surface area (Å²) >= 11 is 16.3. The van der Waals surface area contributed by atoms with Gasteiger partial charge in [-0.1, -0.05) is 23.7 Å². The molecule has 1 aromatic rings. The van der Waals surface area contributed by atoms with Crippen molar-refractivity contribution >= 4 is 34.8 Å². The lowest BCUT2D eigenvalue weighted by atomic mass is 10.1. The van der Waals surface area contributed by atoms with Gasteiger partial charge in [-0.3, -0.25) is 0 Å². The summed E-state index contributed by atoms with van der Waals surface area (Å²) in [7, 11) is 0. The van der Waals surface area contributed by atoms with Crippen LogP contribution >= 0.6 is 34.8 Å². The van der Waals surface area contributed by atoms with Crippen LogP contribution in [0.15, 0.2) is 18.2 Å². The highest BCUT2D eigenvalue weighted by molar-refractivity contribution is 6.44. The Morgan fingerprint density at radius 3 is 2.19 bits per heavy atom. The molecule has 0 aromatic heterocycles. The second kappa shape index (κ2) is 5.00. The second-order valence-electron chi connectivity index (χ2n) is 2.99. The van der Waals surface area contributed by atoms with Crippen LogP contribution in [0.3, 0.4) is 0 Å². The van der Waals surface area contributed by atoms with Crippen molar-refractivity contribution in [2.75, 3.05) is 0 Å². The topological polar surface area (TPSA) is 20.2 Å². The summed E-state index contributed by atoms with van der Waals surface area (Å²) in [5.74, 6) is 0. The van der Waals surface area contributed by atoms with E-state index in [-0.39, 0.29) is 5.56 Å². The van der Waals surface area contributed by atoms with Gasteiger partial charge in [0.15, 0.2) is 0 Å². The number of rotatable bonds is 2. The van der Waals surface area contributed by atoms with Gasteiger partial charge in [0.05, 0.1) is 10.6 Å². The first-order valence-electron chi connectivity index (χ1n) is 4.07. The minimum atomic E-state index is -4.58. The zero-order chi connectivity index (χ0) is 12.5. The van der Waals surface area contributed by atoms with Crippen LogP contribution in [0.25, 0.3) is 0 Å². The molecular formula is C9H6Cl3F3O. The van der Waals surface area contributed by atoms with Crippen molar-refractivity contribution in [3.63, 3.8) is 0 Å². The first-order valence-corrected chi connectivity index (χ1v) is 5.32. The summed E-state index contributed by atoms with van der Waals surface area (Å²) < 4.78 is 37.4. The van der Waals surface area contributed by atoms with Crippen molar-refractivity contribution in [1.29, 1.82) is 0 Å². The van der Waals surface area contributed by atoms with Crippen LogP contribution in [0.4, 0.5) is 13.2 Å². The Labute approximate surface area is 105 Å². The van der Waals surface area contributed by atoms with Crippen LogP contribution in [0.1, 0.15) is 17.2 Å². The average Bonchev–Trinajstić information content (AvgIpc) is 2.15. The molecule has 0 bridgehead atoms. The molecule has 1 rings (SSSR count). The number of aliphatic hydroxyl groups excluding tert-OH is 1. The van der Waals surface area contributed by atoms with Gasteiger partial charge in [0.25, 0.3) is 0 Å². The first-order chi connectivity index (χ1) is 7.25. The fourth-order valence-electron chi connectivity index (χ4n) is 1.13. The molecule has 0 radical (unpaired) electrons. The molecule has 1 aromatic carbocycles. The number of alkyl halides is 5. The lowest BCUT2D eigenvalue weighted by molar-refractivity contribution is -0.137. The van der Waals surface area contributed by atoms with Crippen LogP contribution < -0.4 is 0 Å². The van der Waals surface area contributed by atoms with E-state index in [1.54, 1.807) is 0 Å². The van der Waals surface area contributed by atoms with Gasteiger partial charge in [-0.2, -0.15) is 13.2 Å². The smallest absolute Gasteiger partial charge is 0.386 e. The van der Waals surface area contributed by atoms with Crippen LogP contribution in [0.5, 0.6) is 0 Å². The summed E-state index contributed by atoms with van der Waals surface area (Å²) in [6, 6.07) is 3.18. The van der Waals surface area contributed by atoms with Crippen molar-refractivity contribution in [3.05, 3.63) is 34.3 Å². The molecule has 0 aliphatic rings. The first kappa shape index (κ1) is 13.9. The normalized spacial score (nSPS) is 14.2. The van der Waals surface area contributed by atoms with Crippen molar-refractivity contribution in [1.82, 2.24) is 0 Å². The van der Waals surface area contributed by atoms with E-state index in [0.717, 1.165) is 12.1 Å². The highest BCUT2D eigenvalue weighted by Gasteiger charge is 2.35. The molecule has 0 heterocycles. The quantitative estimate of drug-likeness (QED) is 0.810. The zero-order valence-electron chi connectivity index (χ0n) is 7.60. The fourth-order valence-corrected chi connectivity index (χ4v) is 1.75. The minimum absolute atomic E-state index is 0.147. The van der Waals surface area contributed by atoms with Crippen LogP contribution in [-0.4, -0.2) is 9.94 Å². The molecule has 0 fully saturated rings. The van der Waals surface area contributed by atoms with Gasteiger partial charge in [-0.15, -0.1) is 23.2 Å². The molecule has 1 unspecified atom stereocenters. The van der Waals surface area contributed by atoms with Gasteiger partial charge in [-0.25, -0.2) is 0 Å². The van der Waals surface area contributed by atoms with E-state index < -0.39 is 27.7 Å². The average molecular weight is 293 g/mol. The maximum Gasteiger partial charge on any atom is 0.417 e. The SMILES string of the molecule is OC(c1cccc(C(F)(F)F)c1Cl)C(Cl)Cl. The van der Waals surface area contributed by atoms with Gasteiger partial charge in [0.1, 0.15) is 10.9 Å². The molecule has 7 heteroatoms. The van der Waals surface area contributed by atoms with Gasteiger partial charge in [-0.05, 0) is 6.07 Å². The third-order valence-corrected chi connectivity index (χ3v) is 2.79. The van der Waals surface area contributed by atoms with Crippen molar-refractivity contribution in [2.24, 2.45) is 0 Å². The zero-order valence-corrected chi connectivity index (χ0v) is 9.87. The molecule has 90 valence electrons. The predicted octanol–water partition coefficient (Wildman–Crippen LogP) is 4.20. The highest BCUT2D eigenvalue weighted by Crippen LogP contribution is 2.39. The standard InChI is InChI=1S/C9H6Cl3F3O/c10-6-4(7(16)8(11)12)2-1-3-5(6)9(13,14)15/h1-3,7-8,16H. The van der Waals surface area contributed by atoms with Crippen LogP contribution in [-0.2, 0) is 6.18 Å². The molecule has 0 spiro atoms. The number of halogens is 6. The fraction of sp³-hybridized carbons (Fsp3) is 0.333. The van der Waals surface area contributed by atoms with Crippen molar-refractivity contribution in [3.8, 4) is 0 Å². The Morgan fingerprint density at radius 1 is 1.19 bits per heavy atom. The molecular weight excluding hydrogens is 287 g/mol. The Morgan fingerprint density at radius 2 is 1.75 bits per heavy atom. The summed E-state index contributed by atoms with van der Waals surface area (Å²) in [5.41, 5.74) is -1.17. The van der Waals surface area contributed by atoms with Gasteiger partial charge in [0.2, 0.25) is 0 Å². The lowest BCUT2D eigenvalue weighted by Crippen LogP contribution is -2.11. The third-order valence-electron chi connectivity index (χ3n) is 1.89. The largest absolute Gasteiger partial charge is 0.417 e. The predicted molar refractivity (Wildman–Crippen MR) is 56.9 cm³/mol. The molecule has 0 saturated carbocycles. The van der Waals surface area contributed by atoms with E-state index in [0.29, 0.717) is 0 Å². The highest BCUT2D eigenvalue weighted by atomic mass is 35.5. The second-order valence-corrected chi connectivity index (χ2v) is 4.53. The minimum Gasteiger partial charge on any atom is -0.386 e. The number of hydrogen-bond acceptors (Lipinski definition) is 1. The molecule has 1 nitrogen and oxygen atoms in total. The molecule has 0 aliphatic heterocycles. The molecule has 0 aliphatic carbocycles. The van der Waals surface area contributed by atoms with E-state index in [1.807, 2.05) is 0 Å². The Hall–Kier alpha value is -0.160. The molecule has 1 atom stereocenters.